The Balaban J connectivity index is 2.04. The van der Waals surface area contributed by atoms with E-state index in [2.05, 4.69) is 48.0 Å². The van der Waals surface area contributed by atoms with E-state index < -0.39 is 0 Å². The summed E-state index contributed by atoms with van der Waals surface area (Å²) < 4.78 is 0.699. The summed E-state index contributed by atoms with van der Waals surface area (Å²) in [4.78, 5) is 8.81. The van der Waals surface area contributed by atoms with Crippen LogP contribution in [-0.2, 0) is 0 Å². The monoisotopic (exact) mass is 259 g/mol. The van der Waals surface area contributed by atoms with Crippen molar-refractivity contribution in [3.05, 3.63) is 4.73 Å². The Morgan fingerprint density at radius 2 is 2.14 bits per heavy atom. The SMILES string of the molecule is CN1CCCN(c2n[nH]c(Br)n2)CC1. The van der Waals surface area contributed by atoms with Crippen LogP contribution in [0, 0.1) is 0 Å². The van der Waals surface area contributed by atoms with Crippen molar-refractivity contribution in [2.24, 2.45) is 0 Å². The Morgan fingerprint density at radius 3 is 2.86 bits per heavy atom. The quantitative estimate of drug-likeness (QED) is 0.807. The van der Waals surface area contributed by atoms with Crippen LogP contribution in [0.2, 0.25) is 0 Å². The van der Waals surface area contributed by atoms with Crippen LogP contribution in [0.3, 0.4) is 0 Å². The van der Waals surface area contributed by atoms with Crippen molar-refractivity contribution in [3.8, 4) is 0 Å². The van der Waals surface area contributed by atoms with Gasteiger partial charge >= 0.3 is 0 Å². The molecule has 0 radical (unpaired) electrons. The summed E-state index contributed by atoms with van der Waals surface area (Å²) in [7, 11) is 2.15. The smallest absolute Gasteiger partial charge is 0.245 e. The van der Waals surface area contributed by atoms with E-state index in [9.17, 15) is 0 Å². The van der Waals surface area contributed by atoms with Gasteiger partial charge in [0.15, 0.2) is 4.73 Å². The normalized spacial score (nSPS) is 19.7. The van der Waals surface area contributed by atoms with Gasteiger partial charge in [0.05, 0.1) is 0 Å². The number of aromatic amines is 1. The van der Waals surface area contributed by atoms with Crippen molar-refractivity contribution < 1.29 is 0 Å². The molecule has 0 aromatic carbocycles. The van der Waals surface area contributed by atoms with Gasteiger partial charge in [-0.05, 0) is 35.9 Å². The maximum atomic E-state index is 4.26. The highest BCUT2D eigenvalue weighted by atomic mass is 79.9. The first-order valence-electron chi connectivity index (χ1n) is 4.77. The lowest BCUT2D eigenvalue weighted by Crippen LogP contribution is -2.29. The van der Waals surface area contributed by atoms with E-state index in [1.165, 1.54) is 6.42 Å². The summed E-state index contributed by atoms with van der Waals surface area (Å²) >= 11 is 3.26. The molecular formula is C8H14BrN5. The third-order valence-corrected chi connectivity index (χ3v) is 2.80. The van der Waals surface area contributed by atoms with Crippen LogP contribution in [0.25, 0.3) is 0 Å². The average molecular weight is 260 g/mol. The zero-order valence-corrected chi connectivity index (χ0v) is 9.79. The largest absolute Gasteiger partial charge is 0.338 e. The average Bonchev–Trinajstić information content (AvgIpc) is 2.46. The summed E-state index contributed by atoms with van der Waals surface area (Å²) in [6, 6.07) is 0. The predicted molar refractivity (Wildman–Crippen MR) is 58.4 cm³/mol. The lowest BCUT2D eigenvalue weighted by molar-refractivity contribution is 0.360. The van der Waals surface area contributed by atoms with E-state index in [-0.39, 0.29) is 0 Å². The van der Waals surface area contributed by atoms with Crippen LogP contribution < -0.4 is 4.90 Å². The predicted octanol–water partition coefficient (Wildman–Crippen LogP) is 0.709. The number of nitrogens with one attached hydrogen (secondary N) is 1. The first kappa shape index (κ1) is 9.92. The third kappa shape index (κ3) is 2.24. The second-order valence-electron chi connectivity index (χ2n) is 3.57. The maximum Gasteiger partial charge on any atom is 0.245 e. The molecule has 5 nitrogen and oxygen atoms in total. The lowest BCUT2D eigenvalue weighted by Gasteiger charge is -2.17. The number of rotatable bonds is 1. The molecule has 2 heterocycles. The summed E-state index contributed by atoms with van der Waals surface area (Å²) in [5, 5.41) is 6.93. The van der Waals surface area contributed by atoms with E-state index in [0.29, 0.717) is 4.73 Å². The Hall–Kier alpha value is -0.620. The Morgan fingerprint density at radius 1 is 1.29 bits per heavy atom. The minimum Gasteiger partial charge on any atom is -0.338 e. The van der Waals surface area contributed by atoms with Gasteiger partial charge in [0.1, 0.15) is 0 Å². The zero-order valence-electron chi connectivity index (χ0n) is 8.20. The van der Waals surface area contributed by atoms with Crippen molar-refractivity contribution in [2.75, 3.05) is 38.1 Å². The molecule has 1 aliphatic heterocycles. The second kappa shape index (κ2) is 4.27. The topological polar surface area (TPSA) is 48.0 Å². The van der Waals surface area contributed by atoms with Crippen LogP contribution in [0.15, 0.2) is 4.73 Å². The summed E-state index contributed by atoms with van der Waals surface area (Å²) in [6.07, 6.45) is 1.17. The number of hydrogen-bond donors (Lipinski definition) is 1. The van der Waals surface area contributed by atoms with Gasteiger partial charge in [-0.3, -0.25) is 5.10 Å². The molecule has 1 aromatic heterocycles. The molecule has 0 saturated carbocycles. The highest BCUT2D eigenvalue weighted by Crippen LogP contribution is 2.12. The molecule has 0 bridgehead atoms. The van der Waals surface area contributed by atoms with Crippen LogP contribution in [0.1, 0.15) is 6.42 Å². The van der Waals surface area contributed by atoms with Crippen molar-refractivity contribution in [2.45, 2.75) is 6.42 Å². The number of nitrogens with zero attached hydrogens (tertiary/aromatic N) is 4. The molecule has 1 fully saturated rings. The number of hydrogen-bond acceptors (Lipinski definition) is 4. The van der Waals surface area contributed by atoms with E-state index in [1.807, 2.05) is 0 Å². The van der Waals surface area contributed by atoms with Gasteiger partial charge in [0, 0.05) is 19.6 Å². The fourth-order valence-electron chi connectivity index (χ4n) is 1.62. The fraction of sp³-hybridized carbons (Fsp3) is 0.750. The van der Waals surface area contributed by atoms with E-state index >= 15 is 0 Å². The highest BCUT2D eigenvalue weighted by molar-refractivity contribution is 9.10. The Bertz CT molecular complexity index is 300. The molecular weight excluding hydrogens is 246 g/mol. The summed E-state index contributed by atoms with van der Waals surface area (Å²) in [5.74, 6) is 0.798. The highest BCUT2D eigenvalue weighted by Gasteiger charge is 2.15. The second-order valence-corrected chi connectivity index (χ2v) is 4.32. The number of H-pyrrole nitrogens is 1. The van der Waals surface area contributed by atoms with Crippen molar-refractivity contribution in [1.82, 2.24) is 20.1 Å². The fourth-order valence-corrected chi connectivity index (χ4v) is 1.87. The third-order valence-electron chi connectivity index (χ3n) is 2.45. The van der Waals surface area contributed by atoms with Gasteiger partial charge in [0.2, 0.25) is 5.95 Å². The van der Waals surface area contributed by atoms with Gasteiger partial charge in [-0.2, -0.15) is 4.98 Å². The van der Waals surface area contributed by atoms with Gasteiger partial charge in [-0.1, -0.05) is 0 Å². The molecule has 0 atom stereocenters. The molecule has 0 aliphatic carbocycles. The Kier molecular flexibility index (Phi) is 3.02. The molecule has 0 amide bonds. The minimum absolute atomic E-state index is 0.699. The molecule has 1 saturated heterocycles. The number of anilines is 1. The molecule has 1 aromatic rings. The molecule has 6 heteroatoms. The Labute approximate surface area is 91.6 Å². The zero-order chi connectivity index (χ0) is 9.97. The first-order valence-corrected chi connectivity index (χ1v) is 5.56. The van der Waals surface area contributed by atoms with E-state index in [1.54, 1.807) is 0 Å². The van der Waals surface area contributed by atoms with Crippen LogP contribution >= 0.6 is 15.9 Å². The van der Waals surface area contributed by atoms with Gasteiger partial charge in [-0.15, -0.1) is 5.10 Å². The van der Waals surface area contributed by atoms with Crippen LogP contribution in [0.4, 0.5) is 5.95 Å². The maximum absolute atomic E-state index is 4.26. The number of halogens is 1. The lowest BCUT2D eigenvalue weighted by atomic mass is 10.4. The first-order chi connectivity index (χ1) is 6.75. The molecule has 0 unspecified atom stereocenters. The van der Waals surface area contributed by atoms with Crippen LogP contribution in [-0.4, -0.2) is 53.3 Å². The molecule has 1 aliphatic rings. The van der Waals surface area contributed by atoms with Gasteiger partial charge < -0.3 is 9.80 Å². The van der Waals surface area contributed by atoms with Crippen LogP contribution in [0.5, 0.6) is 0 Å². The molecule has 14 heavy (non-hydrogen) atoms. The minimum atomic E-state index is 0.699. The molecule has 0 spiro atoms. The van der Waals surface area contributed by atoms with Crippen molar-refractivity contribution in [1.29, 1.82) is 0 Å². The summed E-state index contributed by atoms with van der Waals surface area (Å²) in [5.41, 5.74) is 0. The number of aromatic nitrogens is 3. The molecule has 1 N–H and O–H groups in total. The van der Waals surface area contributed by atoms with Crippen molar-refractivity contribution in [3.63, 3.8) is 0 Å². The summed E-state index contributed by atoms with van der Waals surface area (Å²) in [6.45, 7) is 4.27. The van der Waals surface area contributed by atoms with E-state index in [0.717, 1.165) is 32.1 Å². The molecule has 78 valence electrons. The van der Waals surface area contributed by atoms with E-state index in [4.69, 9.17) is 0 Å². The molecule has 2 rings (SSSR count). The van der Waals surface area contributed by atoms with Gasteiger partial charge in [0.25, 0.3) is 0 Å². The van der Waals surface area contributed by atoms with Crippen molar-refractivity contribution >= 4 is 21.9 Å². The standard InChI is InChI=1S/C8H14BrN5/c1-13-3-2-4-14(6-5-13)8-10-7(9)11-12-8/h2-6H2,1H3,(H,10,11,12). The van der Waals surface area contributed by atoms with Gasteiger partial charge in [-0.25, -0.2) is 0 Å². The number of likely N-dealkylation sites (N-methyl/N-ethyl adjacent to an activating group) is 1.